The van der Waals surface area contributed by atoms with Crippen molar-refractivity contribution < 1.29 is 13.2 Å². The van der Waals surface area contributed by atoms with Crippen LogP contribution in [-0.4, -0.2) is 34.2 Å². The monoisotopic (exact) mass is 276 g/mol. The Bertz CT molecular complexity index is 413. The van der Waals surface area contributed by atoms with Crippen LogP contribution < -0.4 is 5.73 Å². The van der Waals surface area contributed by atoms with Gasteiger partial charge in [0.2, 0.25) is 0 Å². The maximum absolute atomic E-state index is 12.4. The van der Waals surface area contributed by atoms with Crippen molar-refractivity contribution in [2.24, 2.45) is 11.7 Å². The second-order valence-electron chi connectivity index (χ2n) is 5.27. The summed E-state index contributed by atoms with van der Waals surface area (Å²) in [4.78, 5) is 2.13. The van der Waals surface area contributed by atoms with Crippen LogP contribution in [0.2, 0.25) is 0 Å². The van der Waals surface area contributed by atoms with Crippen LogP contribution in [0.1, 0.15) is 31.2 Å². The molecule has 0 saturated carbocycles. The van der Waals surface area contributed by atoms with Crippen LogP contribution in [0.3, 0.4) is 0 Å². The van der Waals surface area contributed by atoms with E-state index in [0.717, 1.165) is 32.0 Å². The van der Waals surface area contributed by atoms with Gasteiger partial charge < -0.3 is 5.73 Å². The zero-order chi connectivity index (χ0) is 14.0. The number of nitrogens with zero attached hydrogens (tertiary/aromatic N) is 2. The number of piperidine rings is 1. The molecule has 1 aliphatic heterocycles. The highest BCUT2D eigenvalue weighted by atomic mass is 19.4. The molecule has 1 aromatic rings. The van der Waals surface area contributed by atoms with Crippen molar-refractivity contribution in [1.29, 1.82) is 0 Å². The van der Waals surface area contributed by atoms with Gasteiger partial charge in [-0.05, 0) is 38.3 Å². The first kappa shape index (κ1) is 14.3. The van der Waals surface area contributed by atoms with Gasteiger partial charge in [0.05, 0.1) is 0 Å². The van der Waals surface area contributed by atoms with Crippen LogP contribution >= 0.6 is 0 Å². The summed E-state index contributed by atoms with van der Waals surface area (Å²) >= 11 is 0. The van der Waals surface area contributed by atoms with Gasteiger partial charge in [-0.2, -0.15) is 18.3 Å². The van der Waals surface area contributed by atoms with Gasteiger partial charge in [-0.25, -0.2) is 0 Å². The molecule has 0 radical (unpaired) electrons. The smallest absolute Gasteiger partial charge is 0.328 e. The highest BCUT2D eigenvalue weighted by Crippen LogP contribution is 2.28. The van der Waals surface area contributed by atoms with E-state index in [1.54, 1.807) is 0 Å². The van der Waals surface area contributed by atoms with E-state index in [1.807, 2.05) is 6.92 Å². The summed E-state index contributed by atoms with van der Waals surface area (Å²) in [5.41, 5.74) is 5.53. The third-order valence-electron chi connectivity index (χ3n) is 3.60. The van der Waals surface area contributed by atoms with E-state index < -0.39 is 11.9 Å². The van der Waals surface area contributed by atoms with E-state index in [9.17, 15) is 13.2 Å². The topological polar surface area (TPSA) is 57.9 Å². The quantitative estimate of drug-likeness (QED) is 0.887. The highest BCUT2D eigenvalue weighted by Gasteiger charge is 2.34. The molecule has 0 bridgehead atoms. The third-order valence-corrected chi connectivity index (χ3v) is 3.60. The predicted molar refractivity (Wildman–Crippen MR) is 65.2 cm³/mol. The summed E-state index contributed by atoms with van der Waals surface area (Å²) in [5, 5.41) is 5.77. The van der Waals surface area contributed by atoms with Crippen molar-refractivity contribution >= 4 is 0 Å². The summed E-state index contributed by atoms with van der Waals surface area (Å²) < 4.78 is 37.3. The molecule has 108 valence electrons. The van der Waals surface area contributed by atoms with Crippen LogP contribution in [0, 0.1) is 5.92 Å². The maximum atomic E-state index is 12.4. The molecule has 19 heavy (non-hydrogen) atoms. The molecule has 1 aromatic heterocycles. The molecule has 2 heterocycles. The molecule has 0 aliphatic carbocycles. The average Bonchev–Trinajstić information content (AvgIpc) is 2.77. The van der Waals surface area contributed by atoms with E-state index >= 15 is 0 Å². The van der Waals surface area contributed by atoms with Gasteiger partial charge in [0.15, 0.2) is 5.69 Å². The number of rotatable bonds is 3. The standard InChI is InChI=1S/C12H19F3N4/c1-8(16)9-3-2-4-19(6-9)7-10-5-11(18-17-10)12(13,14)15/h5,8-9H,2-4,6-7,16H2,1H3,(H,17,18). The summed E-state index contributed by atoms with van der Waals surface area (Å²) in [6.45, 7) is 4.17. The average molecular weight is 276 g/mol. The SMILES string of the molecule is CC(N)C1CCCN(Cc2cc(C(F)(F)F)n[nH]2)C1. The normalized spacial score (nSPS) is 23.5. The van der Waals surface area contributed by atoms with E-state index in [0.29, 0.717) is 18.2 Å². The first-order chi connectivity index (χ1) is 8.86. The van der Waals surface area contributed by atoms with Crippen molar-refractivity contribution in [3.05, 3.63) is 17.5 Å². The van der Waals surface area contributed by atoms with Crippen molar-refractivity contribution in [2.45, 2.75) is 38.5 Å². The van der Waals surface area contributed by atoms with Crippen molar-refractivity contribution in [3.8, 4) is 0 Å². The molecule has 1 fully saturated rings. The Balaban J connectivity index is 1.95. The van der Waals surface area contributed by atoms with Crippen molar-refractivity contribution in [2.75, 3.05) is 13.1 Å². The molecule has 2 rings (SSSR count). The van der Waals surface area contributed by atoms with E-state index in [1.165, 1.54) is 0 Å². The van der Waals surface area contributed by atoms with Gasteiger partial charge in [-0.1, -0.05) is 0 Å². The number of hydrogen-bond donors (Lipinski definition) is 2. The Hall–Kier alpha value is -1.08. The molecule has 1 aliphatic rings. The lowest BCUT2D eigenvalue weighted by Gasteiger charge is -2.34. The van der Waals surface area contributed by atoms with E-state index in [4.69, 9.17) is 5.73 Å². The van der Waals surface area contributed by atoms with Crippen LogP contribution in [0.15, 0.2) is 6.07 Å². The minimum atomic E-state index is -4.38. The van der Waals surface area contributed by atoms with Gasteiger partial charge in [0, 0.05) is 24.8 Å². The fourth-order valence-corrected chi connectivity index (χ4v) is 2.49. The Morgan fingerprint density at radius 2 is 2.32 bits per heavy atom. The minimum absolute atomic E-state index is 0.121. The summed E-state index contributed by atoms with van der Waals surface area (Å²) in [5.74, 6) is 0.416. The molecule has 4 nitrogen and oxygen atoms in total. The fraction of sp³-hybridized carbons (Fsp3) is 0.750. The molecule has 3 N–H and O–H groups in total. The van der Waals surface area contributed by atoms with E-state index in [2.05, 4.69) is 15.1 Å². The second-order valence-corrected chi connectivity index (χ2v) is 5.27. The Labute approximate surface area is 110 Å². The molecule has 2 atom stereocenters. The number of halogens is 3. The first-order valence-corrected chi connectivity index (χ1v) is 6.45. The summed E-state index contributed by atoms with van der Waals surface area (Å²) in [6.07, 6.45) is -2.26. The molecule has 0 aromatic carbocycles. The zero-order valence-corrected chi connectivity index (χ0v) is 10.9. The summed E-state index contributed by atoms with van der Waals surface area (Å²) in [6, 6.07) is 1.20. The second kappa shape index (κ2) is 5.50. The van der Waals surface area contributed by atoms with Gasteiger partial charge in [-0.3, -0.25) is 10.00 Å². The largest absolute Gasteiger partial charge is 0.435 e. The molecule has 0 spiro atoms. The van der Waals surface area contributed by atoms with Crippen LogP contribution in [0.25, 0.3) is 0 Å². The fourth-order valence-electron chi connectivity index (χ4n) is 2.49. The number of aromatic amines is 1. The van der Waals surface area contributed by atoms with Crippen molar-refractivity contribution in [3.63, 3.8) is 0 Å². The first-order valence-electron chi connectivity index (χ1n) is 6.45. The molecular formula is C12H19F3N4. The highest BCUT2D eigenvalue weighted by molar-refractivity contribution is 5.11. The summed E-state index contributed by atoms with van der Waals surface area (Å²) in [7, 11) is 0. The Morgan fingerprint density at radius 1 is 1.58 bits per heavy atom. The number of H-pyrrole nitrogens is 1. The molecule has 2 unspecified atom stereocenters. The Morgan fingerprint density at radius 3 is 2.89 bits per heavy atom. The Kier molecular flexibility index (Phi) is 4.15. The van der Waals surface area contributed by atoms with Crippen molar-refractivity contribution in [1.82, 2.24) is 15.1 Å². The number of alkyl halides is 3. The molecule has 0 amide bonds. The number of aromatic nitrogens is 2. The maximum Gasteiger partial charge on any atom is 0.435 e. The number of hydrogen-bond acceptors (Lipinski definition) is 3. The van der Waals surface area contributed by atoms with Crippen LogP contribution in [0.4, 0.5) is 13.2 Å². The number of nitrogens with one attached hydrogen (secondary N) is 1. The zero-order valence-electron chi connectivity index (χ0n) is 10.9. The van der Waals surface area contributed by atoms with Gasteiger partial charge in [0.25, 0.3) is 0 Å². The lowest BCUT2D eigenvalue weighted by atomic mass is 9.92. The van der Waals surface area contributed by atoms with Gasteiger partial charge in [-0.15, -0.1) is 0 Å². The van der Waals surface area contributed by atoms with Gasteiger partial charge in [0.1, 0.15) is 0 Å². The lowest BCUT2D eigenvalue weighted by Crippen LogP contribution is -2.41. The number of likely N-dealkylation sites (tertiary alicyclic amines) is 1. The third kappa shape index (κ3) is 3.70. The molecular weight excluding hydrogens is 257 g/mol. The predicted octanol–water partition coefficient (Wildman–Crippen LogP) is 1.99. The number of nitrogens with two attached hydrogens (primary N) is 1. The van der Waals surface area contributed by atoms with Crippen LogP contribution in [-0.2, 0) is 12.7 Å². The minimum Gasteiger partial charge on any atom is -0.328 e. The molecule has 7 heteroatoms. The van der Waals surface area contributed by atoms with Gasteiger partial charge >= 0.3 is 6.18 Å². The lowest BCUT2D eigenvalue weighted by molar-refractivity contribution is -0.141. The molecule has 1 saturated heterocycles. The van der Waals surface area contributed by atoms with E-state index in [-0.39, 0.29) is 6.04 Å². The van der Waals surface area contributed by atoms with Crippen LogP contribution in [0.5, 0.6) is 0 Å².